The third-order valence-corrected chi connectivity index (χ3v) is 7.23. The van der Waals surface area contributed by atoms with Crippen LogP contribution in [0.5, 0.6) is 0 Å². The van der Waals surface area contributed by atoms with Crippen LogP contribution in [-0.4, -0.2) is 60.4 Å². The Labute approximate surface area is 144 Å². The van der Waals surface area contributed by atoms with Crippen molar-refractivity contribution in [1.82, 2.24) is 15.1 Å². The van der Waals surface area contributed by atoms with Crippen LogP contribution in [0.25, 0.3) is 0 Å². The number of rotatable bonds is 4. The lowest BCUT2D eigenvalue weighted by Gasteiger charge is -2.23. The first-order valence-electron chi connectivity index (χ1n) is 10.0. The summed E-state index contributed by atoms with van der Waals surface area (Å²) in [6.45, 7) is 3.96. The van der Waals surface area contributed by atoms with E-state index in [1.54, 1.807) is 0 Å². The maximum atomic E-state index is 13.0. The smallest absolute Gasteiger partial charge is 0.234 e. The van der Waals surface area contributed by atoms with Crippen molar-refractivity contribution in [2.75, 3.05) is 32.7 Å². The molecule has 0 radical (unpaired) electrons. The van der Waals surface area contributed by atoms with Crippen molar-refractivity contribution in [2.24, 2.45) is 29.6 Å². The highest BCUT2D eigenvalue weighted by atomic mass is 16.2. The van der Waals surface area contributed by atoms with E-state index in [0.717, 1.165) is 69.1 Å². The molecule has 5 atom stereocenters. The zero-order chi connectivity index (χ0) is 16.3. The molecule has 5 fully saturated rings. The molecule has 132 valence electrons. The number of nitrogens with one attached hydrogen (secondary N) is 1. The fourth-order valence-electron chi connectivity index (χ4n) is 5.92. The van der Waals surface area contributed by atoms with Crippen molar-refractivity contribution in [2.45, 2.75) is 44.6 Å². The second-order valence-corrected chi connectivity index (χ2v) is 8.81. The fraction of sp³-hybridized carbons (Fsp3) is 0.895. The van der Waals surface area contributed by atoms with Gasteiger partial charge in [0.1, 0.15) is 0 Å². The van der Waals surface area contributed by atoms with Crippen LogP contribution >= 0.6 is 0 Å². The first-order chi connectivity index (χ1) is 11.7. The minimum absolute atomic E-state index is 0.158. The zero-order valence-electron chi connectivity index (χ0n) is 14.5. The highest BCUT2D eigenvalue weighted by Gasteiger charge is 2.67. The van der Waals surface area contributed by atoms with Gasteiger partial charge in [0.25, 0.3) is 0 Å². The van der Waals surface area contributed by atoms with Crippen LogP contribution in [0.1, 0.15) is 38.5 Å². The van der Waals surface area contributed by atoms with Crippen LogP contribution in [0.4, 0.5) is 0 Å². The molecule has 1 unspecified atom stereocenters. The van der Waals surface area contributed by atoms with Gasteiger partial charge in [0, 0.05) is 38.1 Å². The predicted molar refractivity (Wildman–Crippen MR) is 90.1 cm³/mol. The first kappa shape index (κ1) is 15.2. The van der Waals surface area contributed by atoms with Crippen LogP contribution < -0.4 is 5.32 Å². The Morgan fingerprint density at radius 3 is 2.38 bits per heavy atom. The van der Waals surface area contributed by atoms with Gasteiger partial charge < -0.3 is 10.2 Å². The average molecular weight is 331 g/mol. The summed E-state index contributed by atoms with van der Waals surface area (Å²) in [6, 6.07) is 0.437. The number of carbonyl (C=O) groups excluding carboxylic acids is 2. The van der Waals surface area contributed by atoms with E-state index in [4.69, 9.17) is 0 Å². The predicted octanol–water partition coefficient (Wildman–Crippen LogP) is 1.09. The summed E-state index contributed by atoms with van der Waals surface area (Å²) in [6.07, 6.45) is 7.43. The maximum absolute atomic E-state index is 13.0. The SMILES string of the molecule is O=C(CN1CCCN(C(=O)C2[C@@H]3[C@H]4CC[C@H](C4)[C@H]23)CC1)NC1CC1. The van der Waals surface area contributed by atoms with Crippen LogP contribution in [0.3, 0.4) is 0 Å². The van der Waals surface area contributed by atoms with Gasteiger partial charge in [0.05, 0.1) is 6.54 Å². The fourth-order valence-corrected chi connectivity index (χ4v) is 5.92. The van der Waals surface area contributed by atoms with E-state index in [-0.39, 0.29) is 5.91 Å². The van der Waals surface area contributed by atoms with Gasteiger partial charge in [-0.3, -0.25) is 14.5 Å². The summed E-state index contributed by atoms with van der Waals surface area (Å²) < 4.78 is 0. The summed E-state index contributed by atoms with van der Waals surface area (Å²) in [4.78, 5) is 29.3. The van der Waals surface area contributed by atoms with Gasteiger partial charge in [0.2, 0.25) is 11.8 Å². The number of fused-ring (bicyclic) bond motifs is 5. The molecule has 0 aromatic carbocycles. The molecule has 0 aromatic heterocycles. The molecule has 4 aliphatic carbocycles. The van der Waals surface area contributed by atoms with Gasteiger partial charge in [-0.2, -0.15) is 0 Å². The molecular formula is C19H29N3O2. The largest absolute Gasteiger partial charge is 0.352 e. The van der Waals surface area contributed by atoms with Crippen LogP contribution in [0, 0.1) is 29.6 Å². The Morgan fingerprint density at radius 2 is 1.67 bits per heavy atom. The summed E-state index contributed by atoms with van der Waals surface area (Å²) in [5.74, 6) is 4.16. The quantitative estimate of drug-likeness (QED) is 0.839. The van der Waals surface area contributed by atoms with Crippen molar-refractivity contribution in [1.29, 1.82) is 0 Å². The minimum atomic E-state index is 0.158. The van der Waals surface area contributed by atoms with Crippen molar-refractivity contribution in [3.05, 3.63) is 0 Å². The molecule has 0 spiro atoms. The molecule has 4 saturated carbocycles. The van der Waals surface area contributed by atoms with Gasteiger partial charge in [-0.05, 0) is 62.2 Å². The number of hydrogen-bond donors (Lipinski definition) is 1. The molecule has 1 N–H and O–H groups in total. The lowest BCUT2D eigenvalue weighted by atomic mass is 10.0. The third-order valence-electron chi connectivity index (χ3n) is 7.23. The molecule has 1 aliphatic heterocycles. The summed E-state index contributed by atoms with van der Waals surface area (Å²) in [5.41, 5.74) is 0. The Kier molecular flexibility index (Phi) is 3.62. The number of hydrogen-bond acceptors (Lipinski definition) is 3. The summed E-state index contributed by atoms with van der Waals surface area (Å²) in [5, 5.41) is 3.07. The molecular weight excluding hydrogens is 302 g/mol. The molecule has 5 aliphatic rings. The van der Waals surface area contributed by atoms with E-state index in [0.29, 0.717) is 24.4 Å². The second kappa shape index (κ2) is 5.72. The molecule has 1 heterocycles. The molecule has 5 heteroatoms. The van der Waals surface area contributed by atoms with E-state index in [2.05, 4.69) is 15.1 Å². The van der Waals surface area contributed by atoms with Crippen LogP contribution in [0.2, 0.25) is 0 Å². The van der Waals surface area contributed by atoms with Gasteiger partial charge in [-0.1, -0.05) is 0 Å². The van der Waals surface area contributed by atoms with E-state index >= 15 is 0 Å². The summed E-state index contributed by atoms with van der Waals surface area (Å²) in [7, 11) is 0. The molecule has 5 rings (SSSR count). The van der Waals surface area contributed by atoms with Crippen LogP contribution in [0.15, 0.2) is 0 Å². The zero-order valence-corrected chi connectivity index (χ0v) is 14.5. The highest BCUT2D eigenvalue weighted by Crippen LogP contribution is 2.69. The van der Waals surface area contributed by atoms with Gasteiger partial charge in [0.15, 0.2) is 0 Å². The molecule has 1 saturated heterocycles. The van der Waals surface area contributed by atoms with Crippen molar-refractivity contribution < 1.29 is 9.59 Å². The van der Waals surface area contributed by atoms with Crippen molar-refractivity contribution >= 4 is 11.8 Å². The second-order valence-electron chi connectivity index (χ2n) is 8.81. The Balaban J connectivity index is 1.13. The molecule has 2 amide bonds. The van der Waals surface area contributed by atoms with E-state index in [1.807, 2.05) is 0 Å². The van der Waals surface area contributed by atoms with Crippen molar-refractivity contribution in [3.63, 3.8) is 0 Å². The monoisotopic (exact) mass is 331 g/mol. The maximum Gasteiger partial charge on any atom is 0.234 e. The standard InChI is InChI=1S/C19H29N3O2/c23-15(20-14-4-5-14)11-21-6-1-7-22(9-8-21)19(24)18-16-12-2-3-13(10-12)17(16)18/h12-14,16-18H,1-11H2,(H,20,23)/t12-,13+,16+,17-,18?. The Hall–Kier alpha value is -1.10. The Morgan fingerprint density at radius 1 is 0.917 bits per heavy atom. The van der Waals surface area contributed by atoms with Gasteiger partial charge >= 0.3 is 0 Å². The third kappa shape index (κ3) is 2.65. The molecule has 2 bridgehead atoms. The number of nitrogens with zero attached hydrogens (tertiary/aromatic N) is 2. The normalized spacial score (nSPS) is 41.0. The lowest BCUT2D eigenvalue weighted by molar-refractivity contribution is -0.133. The molecule has 24 heavy (non-hydrogen) atoms. The van der Waals surface area contributed by atoms with E-state index in [1.165, 1.54) is 19.3 Å². The average Bonchev–Trinajstić information content (AvgIpc) is 3.47. The van der Waals surface area contributed by atoms with Crippen molar-refractivity contribution in [3.8, 4) is 0 Å². The lowest BCUT2D eigenvalue weighted by Crippen LogP contribution is -2.41. The summed E-state index contributed by atoms with van der Waals surface area (Å²) >= 11 is 0. The first-order valence-corrected chi connectivity index (χ1v) is 10.0. The number of carbonyl (C=O) groups is 2. The van der Waals surface area contributed by atoms with Gasteiger partial charge in [-0.25, -0.2) is 0 Å². The van der Waals surface area contributed by atoms with Crippen LogP contribution in [-0.2, 0) is 9.59 Å². The van der Waals surface area contributed by atoms with Gasteiger partial charge in [-0.15, -0.1) is 0 Å². The van der Waals surface area contributed by atoms with E-state index in [9.17, 15) is 9.59 Å². The highest BCUT2D eigenvalue weighted by molar-refractivity contribution is 5.83. The topological polar surface area (TPSA) is 52.7 Å². The molecule has 5 nitrogen and oxygen atoms in total. The minimum Gasteiger partial charge on any atom is -0.352 e. The number of amides is 2. The molecule has 0 aromatic rings. The van der Waals surface area contributed by atoms with E-state index < -0.39 is 0 Å². The Bertz CT molecular complexity index is 531.